The van der Waals surface area contributed by atoms with Gasteiger partial charge < -0.3 is 20.5 Å². The third-order valence-corrected chi connectivity index (χ3v) is 5.84. The van der Waals surface area contributed by atoms with Crippen LogP contribution >= 0.6 is 0 Å². The van der Waals surface area contributed by atoms with Crippen molar-refractivity contribution < 1.29 is 28.2 Å². The van der Waals surface area contributed by atoms with Crippen molar-refractivity contribution in [2.24, 2.45) is 0 Å². The third kappa shape index (κ3) is 7.88. The minimum Gasteiger partial charge on any atom is -0.379 e. The van der Waals surface area contributed by atoms with Gasteiger partial charge in [-0.05, 0) is 63.1 Å². The number of aliphatic hydroxyl groups is 1. The van der Waals surface area contributed by atoms with Gasteiger partial charge in [0.1, 0.15) is 17.7 Å². The first-order valence-corrected chi connectivity index (χ1v) is 11.3. The summed E-state index contributed by atoms with van der Waals surface area (Å²) < 4.78 is 32.2. The Morgan fingerprint density at radius 3 is 2.41 bits per heavy atom. The zero-order chi connectivity index (χ0) is 25.5. The van der Waals surface area contributed by atoms with E-state index in [1.165, 1.54) is 0 Å². The van der Waals surface area contributed by atoms with Gasteiger partial charge in [0.05, 0.1) is 5.60 Å². The molecule has 0 fully saturated rings. The van der Waals surface area contributed by atoms with Gasteiger partial charge in [0.15, 0.2) is 11.9 Å². The summed E-state index contributed by atoms with van der Waals surface area (Å²) in [6.45, 7) is 7.82. The smallest absolute Gasteiger partial charge is 0.254 e. The number of amides is 2. The maximum Gasteiger partial charge on any atom is 0.254 e. The topological polar surface area (TPSA) is 116 Å². The highest BCUT2D eigenvalue weighted by atomic mass is 19.1. The molecule has 4 N–H and O–H groups in total. The molecule has 2 rings (SSSR count). The van der Waals surface area contributed by atoms with E-state index in [2.05, 4.69) is 27.8 Å². The van der Waals surface area contributed by atoms with Crippen LogP contribution in [0, 0.1) is 11.6 Å². The summed E-state index contributed by atoms with van der Waals surface area (Å²) in [5.41, 5.74) is 0.444. The Kier molecular flexibility index (Phi) is 9.69. The van der Waals surface area contributed by atoms with E-state index < -0.39 is 35.6 Å². The number of aromatic nitrogens is 2. The number of carbonyl (C=O) groups is 2. The van der Waals surface area contributed by atoms with Crippen molar-refractivity contribution in [2.45, 2.75) is 77.0 Å². The number of anilines is 1. The largest absolute Gasteiger partial charge is 0.379 e. The molecule has 1 heterocycles. The van der Waals surface area contributed by atoms with Crippen molar-refractivity contribution in [3.63, 3.8) is 0 Å². The predicted molar refractivity (Wildman–Crippen MR) is 124 cm³/mol. The third-order valence-electron chi connectivity index (χ3n) is 5.84. The second kappa shape index (κ2) is 12.0. The molecule has 0 bridgehead atoms. The van der Waals surface area contributed by atoms with E-state index in [-0.39, 0.29) is 23.5 Å². The minimum absolute atomic E-state index is 0.178. The Labute approximate surface area is 198 Å². The highest BCUT2D eigenvalue weighted by Gasteiger charge is 2.26. The SMILES string of the molecule is CCC(NC(=O)C(O)c1cc(F)cc(F)c1)C(=O)Nc1cc(C(C)CCCC(C)(C)OC)[nH]n1. The number of ether oxygens (including phenoxy) is 1. The Bertz CT molecular complexity index is 959. The fourth-order valence-electron chi connectivity index (χ4n) is 3.45. The highest BCUT2D eigenvalue weighted by molar-refractivity contribution is 5.97. The van der Waals surface area contributed by atoms with Crippen LogP contribution in [0.15, 0.2) is 24.3 Å². The summed E-state index contributed by atoms with van der Waals surface area (Å²) in [5, 5.41) is 22.2. The normalized spacial score (nSPS) is 14.4. The van der Waals surface area contributed by atoms with E-state index in [1.54, 1.807) is 20.1 Å². The number of rotatable bonds is 12. The molecule has 0 aliphatic rings. The van der Waals surface area contributed by atoms with Gasteiger partial charge in [0.2, 0.25) is 5.91 Å². The van der Waals surface area contributed by atoms with Gasteiger partial charge in [0.25, 0.3) is 5.91 Å². The monoisotopic (exact) mass is 480 g/mol. The summed E-state index contributed by atoms with van der Waals surface area (Å²) in [6, 6.07) is 3.11. The first kappa shape index (κ1) is 27.4. The summed E-state index contributed by atoms with van der Waals surface area (Å²) >= 11 is 0. The molecule has 1 aromatic heterocycles. The van der Waals surface area contributed by atoms with E-state index in [9.17, 15) is 23.5 Å². The van der Waals surface area contributed by atoms with Gasteiger partial charge in [-0.15, -0.1) is 0 Å². The Balaban J connectivity index is 1.93. The quantitative estimate of drug-likeness (QED) is 0.367. The molecule has 0 radical (unpaired) electrons. The summed E-state index contributed by atoms with van der Waals surface area (Å²) in [7, 11) is 1.70. The predicted octanol–water partition coefficient (Wildman–Crippen LogP) is 3.95. The van der Waals surface area contributed by atoms with Crippen LogP contribution in [-0.4, -0.2) is 45.9 Å². The number of carbonyl (C=O) groups excluding carboxylic acids is 2. The molecule has 0 aliphatic carbocycles. The summed E-state index contributed by atoms with van der Waals surface area (Å²) in [6.07, 6.45) is 1.19. The molecule has 0 saturated heterocycles. The van der Waals surface area contributed by atoms with E-state index in [1.807, 2.05) is 13.8 Å². The second-order valence-electron chi connectivity index (χ2n) is 9.03. The summed E-state index contributed by atoms with van der Waals surface area (Å²) in [4.78, 5) is 25.0. The zero-order valence-electron chi connectivity index (χ0n) is 20.2. The van der Waals surface area contributed by atoms with Gasteiger partial charge in [-0.3, -0.25) is 14.7 Å². The Hall–Kier alpha value is -2.85. The number of nitrogens with zero attached hydrogens (tertiary/aromatic N) is 1. The number of benzene rings is 1. The average Bonchev–Trinajstić information content (AvgIpc) is 3.24. The molecule has 1 aromatic carbocycles. The fraction of sp³-hybridized carbons (Fsp3) is 0.542. The molecule has 8 nitrogen and oxygen atoms in total. The van der Waals surface area contributed by atoms with Crippen LogP contribution < -0.4 is 10.6 Å². The minimum atomic E-state index is -1.83. The van der Waals surface area contributed by atoms with Crippen LogP contribution in [0.3, 0.4) is 0 Å². The van der Waals surface area contributed by atoms with Crippen molar-refractivity contribution in [3.8, 4) is 0 Å². The average molecular weight is 481 g/mol. The number of hydrogen-bond donors (Lipinski definition) is 4. The van der Waals surface area contributed by atoms with Gasteiger partial charge in [0, 0.05) is 24.9 Å². The van der Waals surface area contributed by atoms with Crippen LogP contribution in [0.5, 0.6) is 0 Å². The highest BCUT2D eigenvalue weighted by Crippen LogP contribution is 2.25. The number of aliphatic hydroxyl groups excluding tert-OH is 1. The zero-order valence-corrected chi connectivity index (χ0v) is 20.2. The van der Waals surface area contributed by atoms with Crippen molar-refractivity contribution in [1.82, 2.24) is 15.5 Å². The van der Waals surface area contributed by atoms with E-state index in [0.717, 1.165) is 37.1 Å². The van der Waals surface area contributed by atoms with Gasteiger partial charge in [-0.2, -0.15) is 5.10 Å². The van der Waals surface area contributed by atoms with Crippen molar-refractivity contribution in [1.29, 1.82) is 0 Å². The molecule has 188 valence electrons. The lowest BCUT2D eigenvalue weighted by molar-refractivity contribution is -0.133. The maximum absolute atomic E-state index is 13.4. The van der Waals surface area contributed by atoms with E-state index in [4.69, 9.17) is 4.74 Å². The molecule has 3 unspecified atom stereocenters. The number of H-pyrrole nitrogens is 1. The number of methoxy groups -OCH3 is 1. The summed E-state index contributed by atoms with van der Waals surface area (Å²) in [5.74, 6) is -2.81. The van der Waals surface area contributed by atoms with Crippen LogP contribution in [0.1, 0.15) is 76.7 Å². The molecule has 0 spiro atoms. The molecule has 2 amide bonds. The first-order chi connectivity index (χ1) is 16.0. The van der Waals surface area contributed by atoms with Crippen LogP contribution in [0.25, 0.3) is 0 Å². The van der Waals surface area contributed by atoms with Crippen LogP contribution in [0.2, 0.25) is 0 Å². The molecule has 10 heteroatoms. The van der Waals surface area contributed by atoms with Crippen molar-refractivity contribution in [3.05, 3.63) is 47.2 Å². The lowest BCUT2D eigenvalue weighted by Crippen LogP contribution is -2.45. The second-order valence-corrected chi connectivity index (χ2v) is 9.03. The van der Waals surface area contributed by atoms with Crippen molar-refractivity contribution >= 4 is 17.6 Å². The van der Waals surface area contributed by atoms with Gasteiger partial charge >= 0.3 is 0 Å². The Morgan fingerprint density at radius 2 is 1.82 bits per heavy atom. The molecule has 0 saturated carbocycles. The fourth-order valence-corrected chi connectivity index (χ4v) is 3.45. The van der Waals surface area contributed by atoms with Crippen molar-refractivity contribution in [2.75, 3.05) is 12.4 Å². The van der Waals surface area contributed by atoms with E-state index in [0.29, 0.717) is 11.9 Å². The maximum atomic E-state index is 13.4. The molecular formula is C24H34F2N4O4. The van der Waals surface area contributed by atoms with Gasteiger partial charge in [-0.25, -0.2) is 8.78 Å². The molecule has 34 heavy (non-hydrogen) atoms. The van der Waals surface area contributed by atoms with Gasteiger partial charge in [-0.1, -0.05) is 13.8 Å². The lowest BCUT2D eigenvalue weighted by atomic mass is 9.95. The van der Waals surface area contributed by atoms with Crippen LogP contribution in [-0.2, 0) is 14.3 Å². The lowest BCUT2D eigenvalue weighted by Gasteiger charge is -2.23. The van der Waals surface area contributed by atoms with E-state index >= 15 is 0 Å². The number of hydrogen-bond acceptors (Lipinski definition) is 5. The number of nitrogens with one attached hydrogen (secondary N) is 3. The Morgan fingerprint density at radius 1 is 1.18 bits per heavy atom. The molecule has 3 atom stereocenters. The molecule has 2 aromatic rings. The van der Waals surface area contributed by atoms with Crippen LogP contribution in [0.4, 0.5) is 14.6 Å². The number of halogens is 2. The number of aromatic amines is 1. The molecular weight excluding hydrogens is 446 g/mol. The molecule has 0 aliphatic heterocycles. The standard InChI is InChI=1S/C24H34F2N4O4/c1-6-18(27-23(33)21(31)15-10-16(25)12-17(26)11-15)22(32)28-20-13-19(29-30-20)14(2)8-7-9-24(3,4)34-5/h10-14,18,21,31H,6-9H2,1-5H3,(H,27,33)(H2,28,29,30,32). The first-order valence-electron chi connectivity index (χ1n) is 11.3.